The van der Waals surface area contributed by atoms with Crippen molar-refractivity contribution in [3.05, 3.63) is 29.6 Å². The van der Waals surface area contributed by atoms with Crippen LogP contribution < -0.4 is 5.32 Å². The van der Waals surface area contributed by atoms with E-state index in [0.29, 0.717) is 29.8 Å². The molecule has 0 aliphatic carbocycles. The van der Waals surface area contributed by atoms with E-state index in [0.717, 1.165) is 0 Å². The number of aromatic nitrogens is 2. The van der Waals surface area contributed by atoms with Crippen molar-refractivity contribution in [3.63, 3.8) is 0 Å². The molecule has 1 amide bonds. The van der Waals surface area contributed by atoms with Crippen LogP contribution in [0.15, 0.2) is 18.2 Å². The van der Waals surface area contributed by atoms with Crippen LogP contribution in [-0.2, 0) is 11.2 Å². The first-order valence-electron chi connectivity index (χ1n) is 6.93. The van der Waals surface area contributed by atoms with Gasteiger partial charge in [0, 0.05) is 13.0 Å². The molecule has 22 heavy (non-hydrogen) atoms. The first kappa shape index (κ1) is 15.8. The van der Waals surface area contributed by atoms with E-state index >= 15 is 0 Å². The van der Waals surface area contributed by atoms with Crippen LogP contribution in [0.5, 0.6) is 0 Å². The third-order valence-electron chi connectivity index (χ3n) is 2.81. The van der Waals surface area contributed by atoms with Crippen LogP contribution in [0.4, 0.5) is 4.79 Å². The Morgan fingerprint density at radius 1 is 1.36 bits per heavy atom. The standard InChI is InChI=1S/C15H19N3O4/c1-15(2,3)22-14(21)16-7-6-12-17-10-5-4-9(13(19)20)8-11(10)18-12/h4-5,8H,6-7H2,1-3H3,(H,16,21)(H,17,18)(H,19,20). The molecule has 7 nitrogen and oxygen atoms in total. The molecule has 2 aromatic rings. The van der Waals surface area contributed by atoms with Crippen LogP contribution >= 0.6 is 0 Å². The van der Waals surface area contributed by atoms with Gasteiger partial charge in [-0.05, 0) is 39.0 Å². The molecule has 0 saturated heterocycles. The van der Waals surface area contributed by atoms with Gasteiger partial charge in [0.15, 0.2) is 0 Å². The minimum Gasteiger partial charge on any atom is -0.478 e. The highest BCUT2D eigenvalue weighted by molar-refractivity contribution is 5.92. The van der Waals surface area contributed by atoms with Crippen LogP contribution in [0.1, 0.15) is 37.0 Å². The summed E-state index contributed by atoms with van der Waals surface area (Å²) in [5.74, 6) is -0.307. The number of carboxylic acid groups (broad SMARTS) is 1. The molecule has 1 aromatic carbocycles. The number of nitrogens with one attached hydrogen (secondary N) is 2. The van der Waals surface area contributed by atoms with Crippen molar-refractivity contribution in [2.24, 2.45) is 0 Å². The Bertz CT molecular complexity index is 700. The van der Waals surface area contributed by atoms with Crippen molar-refractivity contribution < 1.29 is 19.4 Å². The maximum absolute atomic E-state index is 11.5. The number of fused-ring (bicyclic) bond motifs is 1. The lowest BCUT2D eigenvalue weighted by molar-refractivity contribution is 0.0527. The Morgan fingerprint density at radius 3 is 2.73 bits per heavy atom. The zero-order valence-corrected chi connectivity index (χ0v) is 12.8. The fourth-order valence-electron chi connectivity index (χ4n) is 1.91. The summed E-state index contributed by atoms with van der Waals surface area (Å²) in [5.41, 5.74) is 1.02. The van der Waals surface area contributed by atoms with Gasteiger partial charge in [-0.25, -0.2) is 14.6 Å². The van der Waals surface area contributed by atoms with Gasteiger partial charge in [0.1, 0.15) is 11.4 Å². The molecular formula is C15H19N3O4. The predicted octanol–water partition coefficient (Wildman–Crippen LogP) is 2.33. The lowest BCUT2D eigenvalue weighted by Crippen LogP contribution is -2.33. The van der Waals surface area contributed by atoms with Crippen molar-refractivity contribution in [3.8, 4) is 0 Å². The molecule has 0 atom stereocenters. The highest BCUT2D eigenvalue weighted by atomic mass is 16.6. The molecule has 1 aromatic heterocycles. The lowest BCUT2D eigenvalue weighted by Gasteiger charge is -2.19. The van der Waals surface area contributed by atoms with E-state index in [9.17, 15) is 9.59 Å². The third kappa shape index (κ3) is 4.21. The maximum atomic E-state index is 11.5. The van der Waals surface area contributed by atoms with Gasteiger partial charge in [-0.2, -0.15) is 0 Å². The summed E-state index contributed by atoms with van der Waals surface area (Å²) in [6.07, 6.45) is 0.0211. The molecule has 7 heteroatoms. The normalized spacial score (nSPS) is 11.4. The van der Waals surface area contributed by atoms with Gasteiger partial charge in [-0.1, -0.05) is 0 Å². The van der Waals surface area contributed by atoms with Crippen molar-refractivity contribution in [2.75, 3.05) is 6.54 Å². The zero-order valence-electron chi connectivity index (χ0n) is 12.8. The number of imidazole rings is 1. The van der Waals surface area contributed by atoms with E-state index in [-0.39, 0.29) is 5.56 Å². The molecule has 0 aliphatic heterocycles. The molecule has 0 unspecified atom stereocenters. The molecule has 0 radical (unpaired) electrons. The Kier molecular flexibility index (Phi) is 4.35. The molecule has 0 saturated carbocycles. The fraction of sp³-hybridized carbons (Fsp3) is 0.400. The number of H-pyrrole nitrogens is 1. The van der Waals surface area contributed by atoms with Crippen LogP contribution in [0.2, 0.25) is 0 Å². The van der Waals surface area contributed by atoms with Crippen molar-refractivity contribution in [2.45, 2.75) is 32.8 Å². The van der Waals surface area contributed by atoms with Crippen molar-refractivity contribution >= 4 is 23.1 Å². The maximum Gasteiger partial charge on any atom is 0.407 e. The number of hydrogen-bond acceptors (Lipinski definition) is 4. The van der Waals surface area contributed by atoms with Gasteiger partial charge in [-0.15, -0.1) is 0 Å². The number of aromatic carboxylic acids is 1. The number of alkyl carbamates (subject to hydrolysis) is 1. The second-order valence-electron chi connectivity index (χ2n) is 5.90. The van der Waals surface area contributed by atoms with Gasteiger partial charge < -0.3 is 20.1 Å². The number of aromatic amines is 1. The Hall–Kier alpha value is -2.57. The highest BCUT2D eigenvalue weighted by Gasteiger charge is 2.15. The number of rotatable bonds is 4. The molecule has 2 rings (SSSR count). The van der Waals surface area contributed by atoms with Crippen molar-refractivity contribution in [1.29, 1.82) is 0 Å². The van der Waals surface area contributed by atoms with Crippen LogP contribution in [0.3, 0.4) is 0 Å². The minimum absolute atomic E-state index is 0.203. The summed E-state index contributed by atoms with van der Waals surface area (Å²) in [6.45, 7) is 5.77. The fourth-order valence-corrected chi connectivity index (χ4v) is 1.91. The lowest BCUT2D eigenvalue weighted by atomic mass is 10.2. The van der Waals surface area contributed by atoms with E-state index in [1.165, 1.54) is 12.1 Å². The number of nitrogens with zero attached hydrogens (tertiary/aromatic N) is 1. The van der Waals surface area contributed by atoms with Gasteiger partial charge in [-0.3, -0.25) is 0 Å². The Labute approximate surface area is 127 Å². The molecule has 1 heterocycles. The zero-order chi connectivity index (χ0) is 16.3. The van der Waals surface area contributed by atoms with Gasteiger partial charge in [0.2, 0.25) is 0 Å². The average molecular weight is 305 g/mol. The number of amides is 1. The molecule has 0 bridgehead atoms. The first-order chi connectivity index (χ1) is 10.2. The Balaban J connectivity index is 1.95. The third-order valence-corrected chi connectivity index (χ3v) is 2.81. The van der Waals surface area contributed by atoms with E-state index < -0.39 is 17.7 Å². The van der Waals surface area contributed by atoms with E-state index in [1.807, 2.05) is 0 Å². The second kappa shape index (κ2) is 6.05. The summed E-state index contributed by atoms with van der Waals surface area (Å²) in [5, 5.41) is 11.6. The summed E-state index contributed by atoms with van der Waals surface area (Å²) in [4.78, 5) is 29.8. The largest absolute Gasteiger partial charge is 0.478 e. The SMILES string of the molecule is CC(C)(C)OC(=O)NCCc1nc2ccc(C(=O)O)cc2[nH]1. The van der Waals surface area contributed by atoms with E-state index in [1.54, 1.807) is 26.8 Å². The topological polar surface area (TPSA) is 104 Å². The molecule has 118 valence electrons. The Morgan fingerprint density at radius 2 is 2.09 bits per heavy atom. The average Bonchev–Trinajstić information content (AvgIpc) is 2.77. The summed E-state index contributed by atoms with van der Waals surface area (Å²) < 4.78 is 5.13. The van der Waals surface area contributed by atoms with Gasteiger partial charge >= 0.3 is 12.1 Å². The predicted molar refractivity (Wildman–Crippen MR) is 81.0 cm³/mol. The summed E-state index contributed by atoms with van der Waals surface area (Å²) in [6, 6.07) is 4.70. The number of hydrogen-bond donors (Lipinski definition) is 3. The molecule has 0 spiro atoms. The molecule has 0 aliphatic rings. The first-order valence-corrected chi connectivity index (χ1v) is 6.93. The second-order valence-corrected chi connectivity index (χ2v) is 5.90. The van der Waals surface area contributed by atoms with E-state index in [2.05, 4.69) is 15.3 Å². The molecule has 0 fully saturated rings. The minimum atomic E-state index is -0.982. The van der Waals surface area contributed by atoms with Crippen LogP contribution in [0, 0.1) is 0 Å². The van der Waals surface area contributed by atoms with E-state index in [4.69, 9.17) is 9.84 Å². The molecular weight excluding hydrogens is 286 g/mol. The smallest absolute Gasteiger partial charge is 0.407 e. The number of carbonyl (C=O) groups is 2. The number of benzene rings is 1. The number of ether oxygens (including phenoxy) is 1. The highest BCUT2D eigenvalue weighted by Crippen LogP contribution is 2.14. The van der Waals surface area contributed by atoms with Gasteiger partial charge in [0.05, 0.1) is 16.6 Å². The number of carbonyl (C=O) groups excluding carboxylic acids is 1. The van der Waals surface area contributed by atoms with Crippen LogP contribution in [-0.4, -0.2) is 39.3 Å². The number of carboxylic acids is 1. The molecule has 3 N–H and O–H groups in total. The van der Waals surface area contributed by atoms with Gasteiger partial charge in [0.25, 0.3) is 0 Å². The summed E-state index contributed by atoms with van der Waals surface area (Å²) >= 11 is 0. The van der Waals surface area contributed by atoms with Crippen LogP contribution in [0.25, 0.3) is 11.0 Å². The quantitative estimate of drug-likeness (QED) is 0.804. The monoisotopic (exact) mass is 305 g/mol. The summed E-state index contributed by atoms with van der Waals surface area (Å²) in [7, 11) is 0. The van der Waals surface area contributed by atoms with Crippen molar-refractivity contribution in [1.82, 2.24) is 15.3 Å².